The lowest BCUT2D eigenvalue weighted by molar-refractivity contribution is -0.141. The van der Waals surface area contributed by atoms with Gasteiger partial charge in [-0.25, -0.2) is 9.59 Å². The first-order valence-electron chi connectivity index (χ1n) is 6.44. The van der Waals surface area contributed by atoms with Gasteiger partial charge in [0, 0.05) is 13.6 Å². The number of aliphatic carboxylic acids is 1. The van der Waals surface area contributed by atoms with Gasteiger partial charge in [-0.3, -0.25) is 0 Å². The standard InChI is InChI=1S/C13H22N2O3/c1-3-11(12(16)17)15(2)13(18)14-9-10-7-5-4-6-8-10/h4-5,10-11H,3,6-9H2,1-2H3,(H,14,18)(H,16,17). The molecule has 0 aromatic carbocycles. The molecular formula is C13H22N2O3. The van der Waals surface area contributed by atoms with Gasteiger partial charge in [-0.05, 0) is 31.6 Å². The van der Waals surface area contributed by atoms with Crippen LogP contribution in [0.4, 0.5) is 4.79 Å². The van der Waals surface area contributed by atoms with Crippen LogP contribution in [-0.2, 0) is 4.79 Å². The monoisotopic (exact) mass is 254 g/mol. The number of hydrogen-bond acceptors (Lipinski definition) is 2. The second-order valence-electron chi connectivity index (χ2n) is 4.71. The van der Waals surface area contributed by atoms with Gasteiger partial charge >= 0.3 is 12.0 Å². The number of likely N-dealkylation sites (N-methyl/N-ethyl adjacent to an activating group) is 1. The Labute approximate surface area is 108 Å². The molecule has 2 unspecified atom stereocenters. The summed E-state index contributed by atoms with van der Waals surface area (Å²) < 4.78 is 0. The van der Waals surface area contributed by atoms with Crippen molar-refractivity contribution in [1.29, 1.82) is 0 Å². The molecule has 0 spiro atoms. The lowest BCUT2D eigenvalue weighted by Crippen LogP contribution is -2.48. The summed E-state index contributed by atoms with van der Waals surface area (Å²) in [6, 6.07) is -1.06. The first kappa shape index (κ1) is 14.5. The first-order valence-corrected chi connectivity index (χ1v) is 6.44. The van der Waals surface area contributed by atoms with Crippen LogP contribution in [0.25, 0.3) is 0 Å². The van der Waals surface area contributed by atoms with Crippen LogP contribution in [0.5, 0.6) is 0 Å². The second-order valence-corrected chi connectivity index (χ2v) is 4.71. The summed E-state index contributed by atoms with van der Waals surface area (Å²) in [6.07, 6.45) is 7.82. The summed E-state index contributed by atoms with van der Waals surface area (Å²) in [4.78, 5) is 24.0. The Morgan fingerprint density at radius 3 is 2.72 bits per heavy atom. The fourth-order valence-corrected chi connectivity index (χ4v) is 2.15. The van der Waals surface area contributed by atoms with Crippen molar-refractivity contribution in [3.8, 4) is 0 Å². The van der Waals surface area contributed by atoms with E-state index in [4.69, 9.17) is 5.11 Å². The SMILES string of the molecule is CCC(C(=O)O)N(C)C(=O)NCC1CC=CCC1. The summed E-state index contributed by atoms with van der Waals surface area (Å²) in [5, 5.41) is 11.8. The number of rotatable bonds is 5. The van der Waals surface area contributed by atoms with Crippen molar-refractivity contribution < 1.29 is 14.7 Å². The van der Waals surface area contributed by atoms with Gasteiger partial charge in [0.2, 0.25) is 0 Å². The molecule has 2 N–H and O–H groups in total. The number of hydrogen-bond donors (Lipinski definition) is 2. The van der Waals surface area contributed by atoms with E-state index in [1.165, 1.54) is 11.9 Å². The highest BCUT2D eigenvalue weighted by molar-refractivity contribution is 5.82. The van der Waals surface area contributed by atoms with Gasteiger partial charge in [0.25, 0.3) is 0 Å². The average molecular weight is 254 g/mol. The van der Waals surface area contributed by atoms with Crippen LogP contribution < -0.4 is 5.32 Å². The number of urea groups is 1. The Morgan fingerprint density at radius 1 is 1.50 bits per heavy atom. The van der Waals surface area contributed by atoms with E-state index in [0.29, 0.717) is 18.9 Å². The largest absolute Gasteiger partial charge is 0.480 e. The summed E-state index contributed by atoms with van der Waals surface area (Å²) in [7, 11) is 1.53. The van der Waals surface area contributed by atoms with E-state index in [1.54, 1.807) is 6.92 Å². The predicted octanol–water partition coefficient (Wildman–Crippen LogP) is 1.85. The molecule has 5 nitrogen and oxygen atoms in total. The number of carbonyl (C=O) groups is 2. The van der Waals surface area contributed by atoms with E-state index >= 15 is 0 Å². The number of carboxylic acids is 1. The normalized spacial score (nSPS) is 20.2. The van der Waals surface area contributed by atoms with Crippen LogP contribution in [0.3, 0.4) is 0 Å². The van der Waals surface area contributed by atoms with E-state index in [1.807, 2.05) is 0 Å². The topological polar surface area (TPSA) is 69.6 Å². The molecule has 0 fully saturated rings. The summed E-state index contributed by atoms with van der Waals surface area (Å²) in [6.45, 7) is 2.37. The van der Waals surface area contributed by atoms with Crippen LogP contribution in [0, 0.1) is 5.92 Å². The zero-order valence-corrected chi connectivity index (χ0v) is 11.1. The molecule has 0 heterocycles. The zero-order valence-electron chi connectivity index (χ0n) is 11.1. The number of nitrogens with one attached hydrogen (secondary N) is 1. The molecule has 1 aliphatic carbocycles. The molecule has 0 saturated carbocycles. The minimum absolute atomic E-state index is 0.307. The number of nitrogens with zero attached hydrogens (tertiary/aromatic N) is 1. The van der Waals surface area contributed by atoms with Crippen LogP contribution in [0.2, 0.25) is 0 Å². The molecule has 0 saturated heterocycles. The highest BCUT2D eigenvalue weighted by Gasteiger charge is 2.24. The fourth-order valence-electron chi connectivity index (χ4n) is 2.15. The molecule has 18 heavy (non-hydrogen) atoms. The minimum Gasteiger partial charge on any atom is -0.480 e. The van der Waals surface area contributed by atoms with E-state index in [2.05, 4.69) is 17.5 Å². The molecule has 1 rings (SSSR count). The van der Waals surface area contributed by atoms with Crippen LogP contribution in [-0.4, -0.2) is 41.6 Å². The predicted molar refractivity (Wildman–Crippen MR) is 69.4 cm³/mol. The molecule has 1 aliphatic rings. The van der Waals surface area contributed by atoms with Gasteiger partial charge in [-0.1, -0.05) is 19.1 Å². The molecule has 0 radical (unpaired) electrons. The van der Waals surface area contributed by atoms with Crippen molar-refractivity contribution in [3.63, 3.8) is 0 Å². The minimum atomic E-state index is -0.962. The Morgan fingerprint density at radius 2 is 2.22 bits per heavy atom. The number of carbonyl (C=O) groups excluding carboxylic acids is 1. The summed E-state index contributed by atoms with van der Waals surface area (Å²) >= 11 is 0. The maximum absolute atomic E-state index is 11.8. The first-order chi connectivity index (χ1) is 8.56. The van der Waals surface area contributed by atoms with Crippen molar-refractivity contribution in [2.24, 2.45) is 5.92 Å². The molecule has 0 aromatic rings. The number of amides is 2. The van der Waals surface area contributed by atoms with Crippen LogP contribution in [0.15, 0.2) is 12.2 Å². The third-order valence-corrected chi connectivity index (χ3v) is 3.38. The van der Waals surface area contributed by atoms with Gasteiger partial charge in [-0.15, -0.1) is 0 Å². The Hall–Kier alpha value is -1.52. The smallest absolute Gasteiger partial charge is 0.326 e. The molecule has 2 amide bonds. The third kappa shape index (κ3) is 4.05. The van der Waals surface area contributed by atoms with E-state index in [0.717, 1.165) is 19.3 Å². The molecule has 0 aromatic heterocycles. The van der Waals surface area contributed by atoms with Gasteiger partial charge in [0.1, 0.15) is 6.04 Å². The van der Waals surface area contributed by atoms with Gasteiger partial charge in [-0.2, -0.15) is 0 Å². The Balaban J connectivity index is 2.39. The molecule has 5 heteroatoms. The molecule has 102 valence electrons. The van der Waals surface area contributed by atoms with Crippen molar-refractivity contribution >= 4 is 12.0 Å². The fraction of sp³-hybridized carbons (Fsp3) is 0.692. The number of allylic oxidation sites excluding steroid dienone is 2. The lowest BCUT2D eigenvalue weighted by atomic mass is 9.94. The number of carboxylic acid groups (broad SMARTS) is 1. The van der Waals surface area contributed by atoms with Crippen molar-refractivity contribution in [3.05, 3.63) is 12.2 Å². The van der Waals surface area contributed by atoms with Gasteiger partial charge in [0.15, 0.2) is 0 Å². The van der Waals surface area contributed by atoms with E-state index in [-0.39, 0.29) is 6.03 Å². The molecular weight excluding hydrogens is 232 g/mol. The third-order valence-electron chi connectivity index (χ3n) is 3.38. The Kier molecular flexibility index (Phi) is 5.68. The molecule has 0 bridgehead atoms. The average Bonchev–Trinajstić information content (AvgIpc) is 2.37. The molecule has 0 aliphatic heterocycles. The van der Waals surface area contributed by atoms with Crippen molar-refractivity contribution in [2.45, 2.75) is 38.6 Å². The van der Waals surface area contributed by atoms with Crippen LogP contribution >= 0.6 is 0 Å². The maximum Gasteiger partial charge on any atom is 0.326 e. The quantitative estimate of drug-likeness (QED) is 0.736. The van der Waals surface area contributed by atoms with E-state index in [9.17, 15) is 9.59 Å². The lowest BCUT2D eigenvalue weighted by Gasteiger charge is -2.25. The van der Waals surface area contributed by atoms with Crippen molar-refractivity contribution in [1.82, 2.24) is 10.2 Å². The highest BCUT2D eigenvalue weighted by Crippen LogP contribution is 2.17. The maximum atomic E-state index is 11.8. The summed E-state index contributed by atoms with van der Waals surface area (Å²) in [5.74, 6) is -0.493. The summed E-state index contributed by atoms with van der Waals surface area (Å²) in [5.41, 5.74) is 0. The van der Waals surface area contributed by atoms with Crippen molar-refractivity contribution in [2.75, 3.05) is 13.6 Å². The molecule has 2 atom stereocenters. The van der Waals surface area contributed by atoms with Gasteiger partial charge in [0.05, 0.1) is 0 Å². The Bertz CT molecular complexity index is 328. The van der Waals surface area contributed by atoms with Gasteiger partial charge < -0.3 is 15.3 Å². The van der Waals surface area contributed by atoms with Crippen LogP contribution in [0.1, 0.15) is 32.6 Å². The van der Waals surface area contributed by atoms with E-state index < -0.39 is 12.0 Å². The zero-order chi connectivity index (χ0) is 13.5. The second kappa shape index (κ2) is 7.03. The highest BCUT2D eigenvalue weighted by atomic mass is 16.4.